The van der Waals surface area contributed by atoms with E-state index < -0.39 is 0 Å². The highest BCUT2D eigenvalue weighted by Gasteiger charge is 2.48. The molecule has 9 aromatic carbocycles. The zero-order valence-electron chi connectivity index (χ0n) is 41.1. The van der Waals surface area contributed by atoms with Gasteiger partial charge in [0.15, 0.2) is 0 Å². The Morgan fingerprint density at radius 1 is 0.500 bits per heavy atom. The Hall–Kier alpha value is -7.56. The van der Waals surface area contributed by atoms with Gasteiger partial charge in [0.05, 0.1) is 11.4 Å². The highest BCUT2D eigenvalue weighted by atomic mass is 16.3. The van der Waals surface area contributed by atoms with Gasteiger partial charge in [-0.25, -0.2) is 0 Å². The molecular formula is C66H55BN2O. The average Bonchev–Trinajstić information content (AvgIpc) is 3.92. The van der Waals surface area contributed by atoms with Gasteiger partial charge < -0.3 is 13.8 Å². The summed E-state index contributed by atoms with van der Waals surface area (Å²) in [4.78, 5) is 2.62. The molecule has 0 saturated heterocycles. The second-order valence-electron chi connectivity index (χ2n) is 22.7. The normalized spacial score (nSPS) is 15.4. The van der Waals surface area contributed by atoms with Crippen molar-refractivity contribution in [1.82, 2.24) is 4.48 Å². The van der Waals surface area contributed by atoms with Crippen LogP contribution in [0.2, 0.25) is 0 Å². The number of aromatic nitrogens is 1. The maximum atomic E-state index is 7.74. The second kappa shape index (κ2) is 14.5. The molecule has 3 nitrogen and oxygen atoms in total. The molecule has 0 N–H and O–H groups in total. The molecule has 0 radical (unpaired) electrons. The quantitative estimate of drug-likeness (QED) is 0.164. The summed E-state index contributed by atoms with van der Waals surface area (Å²) < 4.78 is 10.4. The highest BCUT2D eigenvalue weighted by Crippen LogP contribution is 2.54. The summed E-state index contributed by atoms with van der Waals surface area (Å²) >= 11 is 0. The monoisotopic (exact) mass is 902 g/mol. The average molecular weight is 903 g/mol. The van der Waals surface area contributed by atoms with Crippen LogP contribution in [0.4, 0.5) is 17.1 Å². The van der Waals surface area contributed by atoms with Gasteiger partial charge in [-0.1, -0.05) is 176 Å². The van der Waals surface area contributed by atoms with Crippen molar-refractivity contribution in [2.45, 2.75) is 77.6 Å². The lowest BCUT2D eigenvalue weighted by molar-refractivity contribution is 0.332. The number of anilines is 3. The van der Waals surface area contributed by atoms with Gasteiger partial charge in [-0.15, -0.1) is 0 Å². The van der Waals surface area contributed by atoms with Crippen LogP contribution in [0.1, 0.15) is 78.0 Å². The number of rotatable bonds is 4. The first-order chi connectivity index (χ1) is 33.8. The van der Waals surface area contributed by atoms with Crippen molar-refractivity contribution in [2.75, 3.05) is 4.90 Å². The lowest BCUT2D eigenvalue weighted by atomic mass is 9.47. The highest BCUT2D eigenvalue weighted by molar-refractivity contribution is 6.90. The van der Waals surface area contributed by atoms with Crippen molar-refractivity contribution in [2.24, 2.45) is 0 Å². The van der Waals surface area contributed by atoms with Crippen molar-refractivity contribution in [3.8, 4) is 44.5 Å². The molecule has 0 unspecified atom stereocenters. The van der Waals surface area contributed by atoms with E-state index in [0.717, 1.165) is 35.5 Å². The number of hydrogen-bond acceptors (Lipinski definition) is 2. The summed E-state index contributed by atoms with van der Waals surface area (Å²) in [5.41, 5.74) is 23.0. The molecular weight excluding hydrogens is 848 g/mol. The Labute approximate surface area is 411 Å². The fourth-order valence-corrected chi connectivity index (χ4v) is 12.7. The summed E-state index contributed by atoms with van der Waals surface area (Å²) in [6, 6.07) is 68.7. The van der Waals surface area contributed by atoms with E-state index in [0.29, 0.717) is 0 Å². The van der Waals surface area contributed by atoms with E-state index in [1.165, 1.54) is 110 Å². The Bertz CT molecular complexity index is 3980. The van der Waals surface area contributed by atoms with E-state index in [9.17, 15) is 0 Å². The molecule has 0 fully saturated rings. The lowest BCUT2D eigenvalue weighted by Crippen LogP contribution is -2.56. The van der Waals surface area contributed by atoms with Gasteiger partial charge in [0, 0.05) is 44.0 Å². The molecule has 3 aliphatic rings. The minimum absolute atomic E-state index is 0.00697. The molecule has 14 rings (SSSR count). The van der Waals surface area contributed by atoms with Gasteiger partial charge in [-0.3, -0.25) is 0 Å². The summed E-state index contributed by atoms with van der Waals surface area (Å²) in [7, 11) is 0. The van der Waals surface area contributed by atoms with Gasteiger partial charge in [0.2, 0.25) is 0 Å². The Morgan fingerprint density at radius 3 is 1.83 bits per heavy atom. The third-order valence-corrected chi connectivity index (χ3v) is 16.5. The maximum Gasteiger partial charge on any atom is 0.376 e. The SMILES string of the molecule is CC(C)(C)c1ccc(N2c3cc4ccccc4c4c3B(c3oc5cc6c(cc5c32)C(C)(C)CCC6(C)C)n2c3ccc(-c5ccccc5)cc3c3cc(-c5ccccc5)cc-4c32)c(-c2ccccc2)c1. The van der Waals surface area contributed by atoms with Gasteiger partial charge in [-0.2, -0.15) is 0 Å². The van der Waals surface area contributed by atoms with Gasteiger partial charge >= 0.3 is 6.85 Å². The first kappa shape index (κ1) is 41.4. The molecule has 2 aliphatic heterocycles. The fourth-order valence-electron chi connectivity index (χ4n) is 12.7. The van der Waals surface area contributed by atoms with E-state index in [4.69, 9.17) is 4.42 Å². The second-order valence-corrected chi connectivity index (χ2v) is 22.7. The molecule has 0 spiro atoms. The number of fused-ring (bicyclic) bond motifs is 12. The van der Waals surface area contributed by atoms with Crippen LogP contribution in [0.15, 0.2) is 186 Å². The van der Waals surface area contributed by atoms with Crippen LogP contribution < -0.4 is 16.0 Å². The molecule has 4 heteroatoms. The van der Waals surface area contributed by atoms with Crippen LogP contribution in [-0.4, -0.2) is 11.3 Å². The fraction of sp³-hybridized carbons (Fsp3) is 0.182. The third kappa shape index (κ3) is 5.89. The van der Waals surface area contributed by atoms with E-state index in [1.807, 2.05) is 0 Å². The third-order valence-electron chi connectivity index (χ3n) is 16.5. The smallest absolute Gasteiger partial charge is 0.376 e. The van der Waals surface area contributed by atoms with Crippen LogP contribution in [0.25, 0.3) is 88.1 Å². The molecule has 0 atom stereocenters. The lowest BCUT2D eigenvalue weighted by Gasteiger charge is -2.42. The maximum absolute atomic E-state index is 7.74. The number of nitrogens with zero attached hydrogens (tertiary/aromatic N) is 2. The Morgan fingerprint density at radius 2 is 1.13 bits per heavy atom. The van der Waals surface area contributed by atoms with Crippen LogP contribution >= 0.6 is 0 Å². The van der Waals surface area contributed by atoms with Crippen molar-refractivity contribution >= 4 is 78.6 Å². The van der Waals surface area contributed by atoms with Crippen LogP contribution in [0, 0.1) is 0 Å². The zero-order valence-corrected chi connectivity index (χ0v) is 41.1. The number of furan rings is 1. The molecule has 4 heterocycles. The van der Waals surface area contributed by atoms with E-state index >= 15 is 0 Å². The minimum Gasteiger partial charge on any atom is -0.466 e. The van der Waals surface area contributed by atoms with Crippen molar-refractivity contribution in [3.63, 3.8) is 0 Å². The predicted octanol–water partition coefficient (Wildman–Crippen LogP) is 16.8. The van der Waals surface area contributed by atoms with Gasteiger partial charge in [-0.05, 0) is 150 Å². The molecule has 0 bridgehead atoms. The van der Waals surface area contributed by atoms with E-state index in [1.54, 1.807) is 0 Å². The van der Waals surface area contributed by atoms with Crippen LogP contribution in [0.3, 0.4) is 0 Å². The molecule has 70 heavy (non-hydrogen) atoms. The summed E-state index contributed by atoms with van der Waals surface area (Å²) in [6.45, 7) is 16.4. The molecule has 0 amide bonds. The Balaban J connectivity index is 1.18. The molecule has 0 saturated carbocycles. The Kier molecular flexibility index (Phi) is 8.58. The summed E-state index contributed by atoms with van der Waals surface area (Å²) in [6.07, 6.45) is 2.27. The topological polar surface area (TPSA) is 21.3 Å². The number of hydrogen-bond donors (Lipinski definition) is 0. The van der Waals surface area contributed by atoms with Crippen LogP contribution in [-0.2, 0) is 16.2 Å². The first-order valence-electron chi connectivity index (χ1n) is 25.2. The predicted molar refractivity (Wildman–Crippen MR) is 298 cm³/mol. The molecule has 1 aliphatic carbocycles. The number of benzene rings is 9. The standard InChI is InChI=1S/C66H55BN2O/c1-64(2,3)46-28-30-55(48(37-46)42-23-15-10-16-24-42)68-57-36-44-25-17-18-26-47(44)59-52-35-45(41-21-13-9-14-22-41)34-50-49-33-43(40-19-11-8-12-20-40)27-29-56(49)69(61(50)52)67(60(57)59)63-62(68)51-38-53-54(39-58(51)70-63)66(6,7)32-31-65(53,4)5/h8-30,33-39H,31-32H2,1-7H3. The first-order valence-corrected chi connectivity index (χ1v) is 25.2. The zero-order chi connectivity index (χ0) is 47.4. The minimum atomic E-state index is -0.252. The summed E-state index contributed by atoms with van der Waals surface area (Å²) in [5, 5.41) is 6.15. The van der Waals surface area contributed by atoms with E-state index in [-0.39, 0.29) is 23.1 Å². The van der Waals surface area contributed by atoms with Crippen molar-refractivity contribution in [3.05, 3.63) is 199 Å². The molecule has 338 valence electrons. The van der Waals surface area contributed by atoms with Crippen LogP contribution in [0.5, 0.6) is 0 Å². The summed E-state index contributed by atoms with van der Waals surface area (Å²) in [5.74, 6) is 0. The van der Waals surface area contributed by atoms with Crippen molar-refractivity contribution in [1.29, 1.82) is 0 Å². The molecule has 2 aromatic heterocycles. The van der Waals surface area contributed by atoms with Gasteiger partial charge in [0.1, 0.15) is 11.2 Å². The van der Waals surface area contributed by atoms with Gasteiger partial charge in [0.25, 0.3) is 0 Å². The van der Waals surface area contributed by atoms with E-state index in [2.05, 4.69) is 240 Å². The largest absolute Gasteiger partial charge is 0.466 e. The van der Waals surface area contributed by atoms with Crippen molar-refractivity contribution < 1.29 is 4.42 Å². The molecule has 11 aromatic rings.